The highest BCUT2D eigenvalue weighted by atomic mass is 16.3. The number of carbonyl (C=O) groups excluding carboxylic acids is 1. The van der Waals surface area contributed by atoms with Gasteiger partial charge < -0.3 is 15.7 Å². The molecule has 168 valence electrons. The number of amides is 1. The highest BCUT2D eigenvalue weighted by Crippen LogP contribution is 2.29. The fourth-order valence-corrected chi connectivity index (χ4v) is 3.65. The van der Waals surface area contributed by atoms with Gasteiger partial charge in [0.05, 0.1) is 28.9 Å². The van der Waals surface area contributed by atoms with Crippen molar-refractivity contribution in [3.05, 3.63) is 72.4 Å². The topological polar surface area (TPSA) is 91.5 Å². The van der Waals surface area contributed by atoms with Crippen molar-refractivity contribution in [3.63, 3.8) is 0 Å². The van der Waals surface area contributed by atoms with Crippen molar-refractivity contribution in [2.75, 3.05) is 11.9 Å². The van der Waals surface area contributed by atoms with E-state index in [0.717, 1.165) is 41.0 Å². The van der Waals surface area contributed by atoms with Gasteiger partial charge in [0, 0.05) is 29.3 Å². The maximum absolute atomic E-state index is 12.3. The lowest BCUT2D eigenvalue weighted by atomic mass is 10.1. The molecule has 0 aliphatic heterocycles. The first-order valence-corrected chi connectivity index (χ1v) is 11.2. The summed E-state index contributed by atoms with van der Waals surface area (Å²) >= 11 is 0. The van der Waals surface area contributed by atoms with Crippen molar-refractivity contribution in [3.8, 4) is 22.5 Å². The minimum atomic E-state index is -0.876. The number of carbonyl (C=O) groups is 1. The maximum Gasteiger partial charge on any atom is 0.251 e. The SMILES string of the molecule is CC(C)(O)CNc1cc(-c2ccccc2)nn2c(-c3ccc(C(=O)NC4CC4)cc3)cnc12. The van der Waals surface area contributed by atoms with Gasteiger partial charge in [-0.05, 0) is 44.9 Å². The van der Waals surface area contributed by atoms with Crippen LogP contribution in [0.4, 0.5) is 5.69 Å². The fourth-order valence-electron chi connectivity index (χ4n) is 3.65. The molecule has 7 nitrogen and oxygen atoms in total. The van der Waals surface area contributed by atoms with E-state index in [2.05, 4.69) is 15.6 Å². The van der Waals surface area contributed by atoms with Crippen molar-refractivity contribution >= 4 is 17.2 Å². The number of hydrogen-bond acceptors (Lipinski definition) is 5. The fraction of sp³-hybridized carbons (Fsp3) is 0.269. The number of hydrogen-bond donors (Lipinski definition) is 3. The average molecular weight is 442 g/mol. The zero-order chi connectivity index (χ0) is 23.0. The number of fused-ring (bicyclic) bond motifs is 1. The summed E-state index contributed by atoms with van der Waals surface area (Å²) in [6.45, 7) is 3.89. The van der Waals surface area contributed by atoms with Gasteiger partial charge in [-0.3, -0.25) is 4.79 Å². The number of nitrogens with zero attached hydrogens (tertiary/aromatic N) is 3. The highest BCUT2D eigenvalue weighted by molar-refractivity contribution is 5.95. The van der Waals surface area contributed by atoms with Crippen LogP contribution in [0.2, 0.25) is 0 Å². The van der Waals surface area contributed by atoms with Crippen molar-refractivity contribution in [2.24, 2.45) is 0 Å². The van der Waals surface area contributed by atoms with Gasteiger partial charge in [-0.1, -0.05) is 42.5 Å². The maximum atomic E-state index is 12.3. The number of nitrogens with one attached hydrogen (secondary N) is 2. The van der Waals surface area contributed by atoms with Gasteiger partial charge in [-0.15, -0.1) is 0 Å². The van der Waals surface area contributed by atoms with Crippen LogP contribution < -0.4 is 10.6 Å². The molecule has 1 aliphatic rings. The molecular weight excluding hydrogens is 414 g/mol. The smallest absolute Gasteiger partial charge is 0.251 e. The molecule has 2 heterocycles. The van der Waals surface area contributed by atoms with Crippen LogP contribution in [0.1, 0.15) is 37.0 Å². The standard InChI is InChI=1S/C26H27N5O2/c1-26(2,33)16-28-22-14-21(17-6-4-3-5-7-17)30-31-23(15-27-24(22)31)18-8-10-19(11-9-18)25(32)29-20-12-13-20/h3-11,14-15,20,28,33H,12-13,16H2,1-2H3,(H,29,32). The van der Waals surface area contributed by atoms with Crippen LogP contribution in [0.15, 0.2) is 66.9 Å². The first-order chi connectivity index (χ1) is 15.9. The molecule has 0 radical (unpaired) electrons. The summed E-state index contributed by atoms with van der Waals surface area (Å²) in [6.07, 6.45) is 3.90. The van der Waals surface area contributed by atoms with Gasteiger partial charge in [0.2, 0.25) is 0 Å². The minimum Gasteiger partial charge on any atom is -0.389 e. The van der Waals surface area contributed by atoms with E-state index in [1.165, 1.54) is 0 Å². The Morgan fingerprint density at radius 1 is 1.09 bits per heavy atom. The van der Waals surface area contributed by atoms with E-state index < -0.39 is 5.60 Å². The summed E-state index contributed by atoms with van der Waals surface area (Å²) in [7, 11) is 0. The minimum absolute atomic E-state index is 0.0372. The summed E-state index contributed by atoms with van der Waals surface area (Å²) in [5.41, 5.74) is 4.74. The normalized spacial score (nSPS) is 13.8. The molecule has 1 aliphatic carbocycles. The molecular formula is C26H27N5O2. The molecule has 3 N–H and O–H groups in total. The Hall–Kier alpha value is -3.71. The molecule has 0 spiro atoms. The Kier molecular flexibility index (Phi) is 5.34. The Morgan fingerprint density at radius 2 is 1.82 bits per heavy atom. The molecule has 0 bridgehead atoms. The van der Waals surface area contributed by atoms with Crippen LogP contribution in [0.25, 0.3) is 28.2 Å². The Balaban J connectivity index is 1.54. The molecule has 2 aromatic heterocycles. The predicted molar refractivity (Wildman–Crippen MR) is 129 cm³/mol. The second kappa shape index (κ2) is 8.33. The van der Waals surface area contributed by atoms with Gasteiger partial charge in [-0.25, -0.2) is 9.50 Å². The van der Waals surface area contributed by atoms with Gasteiger partial charge in [0.25, 0.3) is 5.91 Å². The summed E-state index contributed by atoms with van der Waals surface area (Å²) in [4.78, 5) is 16.9. The Bertz CT molecular complexity index is 1290. The van der Waals surface area contributed by atoms with E-state index in [1.807, 2.05) is 65.2 Å². The average Bonchev–Trinajstić information content (AvgIpc) is 3.52. The van der Waals surface area contributed by atoms with E-state index in [4.69, 9.17) is 5.10 Å². The van der Waals surface area contributed by atoms with Gasteiger partial charge in [0.15, 0.2) is 5.65 Å². The van der Waals surface area contributed by atoms with E-state index in [0.29, 0.717) is 23.8 Å². The first-order valence-electron chi connectivity index (χ1n) is 11.2. The van der Waals surface area contributed by atoms with Gasteiger partial charge in [-0.2, -0.15) is 5.10 Å². The van der Waals surface area contributed by atoms with Gasteiger partial charge >= 0.3 is 0 Å². The third-order valence-electron chi connectivity index (χ3n) is 5.60. The third-order valence-corrected chi connectivity index (χ3v) is 5.60. The quantitative estimate of drug-likeness (QED) is 0.401. The monoisotopic (exact) mass is 441 g/mol. The molecule has 4 aromatic rings. The van der Waals surface area contributed by atoms with Crippen LogP contribution in [-0.4, -0.2) is 43.8 Å². The van der Waals surface area contributed by atoms with Crippen molar-refractivity contribution < 1.29 is 9.90 Å². The van der Waals surface area contributed by atoms with Crippen LogP contribution in [-0.2, 0) is 0 Å². The lowest BCUT2D eigenvalue weighted by Gasteiger charge is -2.19. The summed E-state index contributed by atoms with van der Waals surface area (Å²) in [6, 6.07) is 19.7. The highest BCUT2D eigenvalue weighted by Gasteiger charge is 2.24. The second-order valence-corrected chi connectivity index (χ2v) is 9.18. The number of anilines is 1. The number of imidazole rings is 1. The number of aliphatic hydroxyl groups is 1. The predicted octanol–water partition coefficient (Wildman–Crippen LogP) is 4.14. The lowest BCUT2D eigenvalue weighted by molar-refractivity contribution is 0.0940. The molecule has 0 unspecified atom stereocenters. The lowest BCUT2D eigenvalue weighted by Crippen LogP contribution is -2.29. The zero-order valence-corrected chi connectivity index (χ0v) is 18.7. The molecule has 1 amide bonds. The molecule has 1 fully saturated rings. The molecule has 0 saturated heterocycles. The summed E-state index contributed by atoms with van der Waals surface area (Å²) in [5, 5.41) is 21.4. The largest absolute Gasteiger partial charge is 0.389 e. The number of rotatable bonds is 7. The van der Waals surface area contributed by atoms with E-state index in [-0.39, 0.29) is 5.91 Å². The van der Waals surface area contributed by atoms with Crippen LogP contribution in [0.3, 0.4) is 0 Å². The summed E-state index contributed by atoms with van der Waals surface area (Å²) < 4.78 is 1.81. The molecule has 7 heteroatoms. The summed E-state index contributed by atoms with van der Waals surface area (Å²) in [5.74, 6) is -0.0372. The zero-order valence-electron chi connectivity index (χ0n) is 18.7. The first kappa shape index (κ1) is 21.2. The Morgan fingerprint density at radius 3 is 2.48 bits per heavy atom. The molecule has 2 aromatic carbocycles. The van der Waals surface area contributed by atoms with E-state index in [9.17, 15) is 9.90 Å². The van der Waals surface area contributed by atoms with Gasteiger partial charge in [0.1, 0.15) is 0 Å². The van der Waals surface area contributed by atoms with Crippen LogP contribution in [0, 0.1) is 0 Å². The molecule has 5 rings (SSSR count). The Labute approximate surface area is 192 Å². The van der Waals surface area contributed by atoms with Crippen molar-refractivity contribution in [2.45, 2.75) is 38.3 Å². The van der Waals surface area contributed by atoms with Crippen LogP contribution >= 0.6 is 0 Å². The van der Waals surface area contributed by atoms with E-state index >= 15 is 0 Å². The van der Waals surface area contributed by atoms with Crippen LogP contribution in [0.5, 0.6) is 0 Å². The van der Waals surface area contributed by atoms with Crippen molar-refractivity contribution in [1.29, 1.82) is 0 Å². The molecule has 33 heavy (non-hydrogen) atoms. The third kappa shape index (κ3) is 4.73. The molecule has 0 atom stereocenters. The molecule has 1 saturated carbocycles. The number of benzene rings is 2. The number of aromatic nitrogens is 3. The van der Waals surface area contributed by atoms with Crippen molar-refractivity contribution in [1.82, 2.24) is 19.9 Å². The van der Waals surface area contributed by atoms with E-state index in [1.54, 1.807) is 20.0 Å². The second-order valence-electron chi connectivity index (χ2n) is 9.18.